The van der Waals surface area contributed by atoms with Crippen LogP contribution in [0, 0.1) is 24.2 Å². The van der Waals surface area contributed by atoms with Crippen molar-refractivity contribution >= 4 is 22.4 Å². The molecule has 4 aromatic carbocycles. The van der Waals surface area contributed by atoms with Crippen LogP contribution in [0.3, 0.4) is 0 Å². The molecule has 0 aliphatic rings. The highest BCUT2D eigenvalue weighted by Crippen LogP contribution is 2.32. The summed E-state index contributed by atoms with van der Waals surface area (Å²) in [5.74, 6) is 0.0286. The Bertz CT molecular complexity index is 1360. The third kappa shape index (κ3) is 5.18. The van der Waals surface area contributed by atoms with Crippen molar-refractivity contribution in [2.24, 2.45) is 5.92 Å². The molecule has 0 aliphatic heterocycles. The minimum Gasteiger partial charge on any atom is -0.325 e. The van der Waals surface area contributed by atoms with Gasteiger partial charge in [-0.2, -0.15) is 5.26 Å². The first-order valence-corrected chi connectivity index (χ1v) is 11.8. The van der Waals surface area contributed by atoms with E-state index >= 15 is 0 Å². The van der Waals surface area contributed by atoms with Crippen molar-refractivity contribution in [3.05, 3.63) is 113 Å². The minimum absolute atomic E-state index is 0.0359. The Balaban J connectivity index is 1.71. The van der Waals surface area contributed by atoms with Gasteiger partial charge >= 0.3 is 0 Å². The predicted molar refractivity (Wildman–Crippen MR) is 140 cm³/mol. The van der Waals surface area contributed by atoms with Gasteiger partial charge in [-0.25, -0.2) is 0 Å². The van der Waals surface area contributed by atoms with Crippen LogP contribution in [0.15, 0.2) is 84.9 Å². The number of carbonyl (C=O) groups excluding carboxylic acids is 1. The normalized spacial score (nSPS) is 11.9. The third-order valence-corrected chi connectivity index (χ3v) is 6.36. The fourth-order valence-electron chi connectivity index (χ4n) is 4.55. The second-order valence-corrected chi connectivity index (χ2v) is 9.33. The summed E-state index contributed by atoms with van der Waals surface area (Å²) in [5, 5.41) is 14.9. The van der Waals surface area contributed by atoms with E-state index in [2.05, 4.69) is 68.6 Å². The van der Waals surface area contributed by atoms with Crippen LogP contribution in [0.2, 0.25) is 0 Å². The zero-order valence-electron chi connectivity index (χ0n) is 20.0. The standard InChI is InChI=1S/C31H30N2O/c1-21(2)17-29(28-14-8-12-24-10-6-7-13-27(24)28)31(34)33-30-18-23(20-32)15-16-26(30)19-25-11-5-4-9-22(25)3/h4-16,18,21,29H,17,19H2,1-3H3,(H,33,34). The number of nitrogens with one attached hydrogen (secondary N) is 1. The average molecular weight is 447 g/mol. The topological polar surface area (TPSA) is 52.9 Å². The lowest BCUT2D eigenvalue weighted by molar-refractivity contribution is -0.117. The van der Waals surface area contributed by atoms with E-state index in [0.717, 1.165) is 28.3 Å². The maximum absolute atomic E-state index is 13.8. The summed E-state index contributed by atoms with van der Waals surface area (Å²) in [5.41, 5.74) is 5.70. The molecule has 170 valence electrons. The van der Waals surface area contributed by atoms with E-state index in [1.807, 2.05) is 42.5 Å². The maximum Gasteiger partial charge on any atom is 0.231 e. The van der Waals surface area contributed by atoms with Crippen LogP contribution in [-0.4, -0.2) is 5.91 Å². The summed E-state index contributed by atoms with van der Waals surface area (Å²) in [7, 11) is 0. The molecule has 4 rings (SSSR count). The van der Waals surface area contributed by atoms with Gasteiger partial charge < -0.3 is 5.32 Å². The van der Waals surface area contributed by atoms with Crippen LogP contribution in [0.4, 0.5) is 5.69 Å². The molecule has 1 atom stereocenters. The first-order chi connectivity index (χ1) is 16.5. The van der Waals surface area contributed by atoms with E-state index in [0.29, 0.717) is 23.6 Å². The minimum atomic E-state index is -0.289. The van der Waals surface area contributed by atoms with Gasteiger partial charge in [-0.3, -0.25) is 4.79 Å². The van der Waals surface area contributed by atoms with E-state index in [4.69, 9.17) is 0 Å². The van der Waals surface area contributed by atoms with Crippen LogP contribution in [0.5, 0.6) is 0 Å². The SMILES string of the molecule is Cc1ccccc1Cc1ccc(C#N)cc1NC(=O)C(CC(C)C)c1cccc2ccccc12. The van der Waals surface area contributed by atoms with Gasteiger partial charge in [-0.1, -0.05) is 86.6 Å². The van der Waals surface area contributed by atoms with E-state index in [9.17, 15) is 10.1 Å². The quantitative estimate of drug-likeness (QED) is 0.322. The molecule has 4 aromatic rings. The molecule has 3 heteroatoms. The second-order valence-electron chi connectivity index (χ2n) is 9.33. The van der Waals surface area contributed by atoms with Gasteiger partial charge in [0, 0.05) is 5.69 Å². The summed E-state index contributed by atoms with van der Waals surface area (Å²) in [6, 6.07) is 30.4. The van der Waals surface area contributed by atoms with E-state index in [-0.39, 0.29) is 11.8 Å². The fraction of sp³-hybridized carbons (Fsp3) is 0.226. The Morgan fingerprint density at radius 3 is 2.41 bits per heavy atom. The zero-order chi connectivity index (χ0) is 24.1. The molecule has 0 aliphatic carbocycles. The van der Waals surface area contributed by atoms with Gasteiger partial charge in [0.1, 0.15) is 0 Å². The van der Waals surface area contributed by atoms with Crippen LogP contribution in [0.1, 0.15) is 54.0 Å². The highest BCUT2D eigenvalue weighted by molar-refractivity contribution is 6.00. The number of nitrogens with zero attached hydrogens (tertiary/aromatic N) is 1. The molecule has 0 spiro atoms. The Hall–Kier alpha value is -3.90. The molecule has 0 bridgehead atoms. The molecule has 34 heavy (non-hydrogen) atoms. The summed E-state index contributed by atoms with van der Waals surface area (Å²) in [4.78, 5) is 13.8. The molecule has 0 saturated heterocycles. The monoisotopic (exact) mass is 446 g/mol. The molecule has 0 radical (unpaired) electrons. The van der Waals surface area contributed by atoms with Gasteiger partial charge in [0.15, 0.2) is 0 Å². The molecule has 1 N–H and O–H groups in total. The first-order valence-electron chi connectivity index (χ1n) is 11.8. The van der Waals surface area contributed by atoms with Gasteiger partial charge in [0.25, 0.3) is 0 Å². The molecular weight excluding hydrogens is 416 g/mol. The number of rotatable bonds is 7. The molecule has 1 unspecified atom stereocenters. The summed E-state index contributed by atoms with van der Waals surface area (Å²) < 4.78 is 0. The Labute approximate surface area is 202 Å². The first kappa shape index (κ1) is 23.3. The van der Waals surface area contributed by atoms with Crippen molar-refractivity contribution in [3.63, 3.8) is 0 Å². The molecule has 0 saturated carbocycles. The molecule has 0 fully saturated rings. The zero-order valence-corrected chi connectivity index (χ0v) is 20.0. The largest absolute Gasteiger partial charge is 0.325 e. The molecule has 1 amide bonds. The molecule has 3 nitrogen and oxygen atoms in total. The average Bonchev–Trinajstić information content (AvgIpc) is 2.84. The highest BCUT2D eigenvalue weighted by Gasteiger charge is 2.24. The number of fused-ring (bicyclic) bond motifs is 1. The lowest BCUT2D eigenvalue weighted by Gasteiger charge is -2.22. The van der Waals surface area contributed by atoms with E-state index in [1.165, 1.54) is 11.1 Å². The Morgan fingerprint density at radius 1 is 0.912 bits per heavy atom. The highest BCUT2D eigenvalue weighted by atomic mass is 16.1. The van der Waals surface area contributed by atoms with Gasteiger partial charge in [0.05, 0.1) is 17.6 Å². The smallest absolute Gasteiger partial charge is 0.231 e. The molecule has 0 aromatic heterocycles. The summed E-state index contributed by atoms with van der Waals surface area (Å²) >= 11 is 0. The van der Waals surface area contributed by atoms with Gasteiger partial charge in [0.2, 0.25) is 5.91 Å². The van der Waals surface area contributed by atoms with Crippen LogP contribution in [-0.2, 0) is 11.2 Å². The van der Waals surface area contributed by atoms with Gasteiger partial charge in [-0.05, 0) is 70.8 Å². The van der Waals surface area contributed by atoms with Crippen LogP contribution in [0.25, 0.3) is 10.8 Å². The number of nitriles is 1. The lowest BCUT2D eigenvalue weighted by atomic mass is 9.86. The third-order valence-electron chi connectivity index (χ3n) is 6.36. The van der Waals surface area contributed by atoms with Crippen molar-refractivity contribution in [3.8, 4) is 6.07 Å². The van der Waals surface area contributed by atoms with Gasteiger partial charge in [-0.15, -0.1) is 0 Å². The number of carbonyl (C=O) groups is 1. The lowest BCUT2D eigenvalue weighted by Crippen LogP contribution is -2.23. The summed E-state index contributed by atoms with van der Waals surface area (Å²) in [6.45, 7) is 6.38. The number of anilines is 1. The number of aryl methyl sites for hydroxylation is 1. The van der Waals surface area contributed by atoms with Crippen molar-refractivity contribution < 1.29 is 4.79 Å². The number of hydrogen-bond acceptors (Lipinski definition) is 2. The van der Waals surface area contributed by atoms with Crippen molar-refractivity contribution in [2.75, 3.05) is 5.32 Å². The summed E-state index contributed by atoms with van der Waals surface area (Å²) in [6.07, 6.45) is 1.43. The number of amides is 1. The number of benzene rings is 4. The number of hydrogen-bond donors (Lipinski definition) is 1. The van der Waals surface area contributed by atoms with E-state index < -0.39 is 0 Å². The Kier molecular flexibility index (Phi) is 7.09. The van der Waals surface area contributed by atoms with Crippen LogP contribution < -0.4 is 5.32 Å². The fourth-order valence-corrected chi connectivity index (χ4v) is 4.55. The Morgan fingerprint density at radius 2 is 1.65 bits per heavy atom. The van der Waals surface area contributed by atoms with Crippen molar-refractivity contribution in [2.45, 2.75) is 39.5 Å². The molecular formula is C31H30N2O. The molecule has 0 heterocycles. The maximum atomic E-state index is 13.8. The van der Waals surface area contributed by atoms with Crippen LogP contribution >= 0.6 is 0 Å². The second kappa shape index (κ2) is 10.4. The van der Waals surface area contributed by atoms with E-state index in [1.54, 1.807) is 6.07 Å². The van der Waals surface area contributed by atoms with Crippen molar-refractivity contribution in [1.82, 2.24) is 0 Å². The van der Waals surface area contributed by atoms with Crippen molar-refractivity contribution in [1.29, 1.82) is 5.26 Å². The predicted octanol–water partition coefficient (Wildman–Crippen LogP) is 7.38.